The average molecular weight is 397 g/mol. The first kappa shape index (κ1) is 16.6. The zero-order valence-electron chi connectivity index (χ0n) is 12.6. The highest BCUT2D eigenvalue weighted by Crippen LogP contribution is 2.35. The van der Waals surface area contributed by atoms with Crippen molar-refractivity contribution in [3.63, 3.8) is 0 Å². The first-order valence-electron chi connectivity index (χ1n) is 7.24. The molecule has 2 aromatic carbocycles. The van der Waals surface area contributed by atoms with Crippen LogP contribution in [0.15, 0.2) is 40.9 Å². The Labute approximate surface area is 146 Å². The Kier molecular flexibility index (Phi) is 5.20. The molecule has 7 heteroatoms. The van der Waals surface area contributed by atoms with E-state index >= 15 is 0 Å². The lowest BCUT2D eigenvalue weighted by molar-refractivity contribution is -0.147. The van der Waals surface area contributed by atoms with E-state index in [-0.39, 0.29) is 19.0 Å². The molecule has 126 valence electrons. The van der Waals surface area contributed by atoms with Crippen LogP contribution in [-0.4, -0.2) is 25.8 Å². The Morgan fingerprint density at radius 1 is 1.17 bits per heavy atom. The summed E-state index contributed by atoms with van der Waals surface area (Å²) in [5.41, 5.74) is 0.748. The Bertz CT molecular complexity index is 750. The summed E-state index contributed by atoms with van der Waals surface area (Å²) < 4.78 is 35.1. The number of carbonyl (C=O) groups is 1. The molecule has 0 unspecified atom stereocenters. The molecule has 2 aromatic rings. The molecule has 1 aliphatic heterocycles. The van der Waals surface area contributed by atoms with Crippen molar-refractivity contribution in [3.8, 4) is 17.2 Å². The van der Waals surface area contributed by atoms with Crippen molar-refractivity contribution in [2.45, 2.75) is 6.61 Å². The average Bonchev–Trinajstić information content (AvgIpc) is 2.58. The van der Waals surface area contributed by atoms with Crippen molar-refractivity contribution < 1.29 is 28.1 Å². The molecule has 5 nitrogen and oxygen atoms in total. The summed E-state index contributed by atoms with van der Waals surface area (Å²) in [7, 11) is 0. The Morgan fingerprint density at radius 3 is 2.67 bits per heavy atom. The SMILES string of the molecule is O=C(COc1cccc(F)c1)OCc1cc2c(cc1Br)OCCO2. The van der Waals surface area contributed by atoms with Crippen LogP contribution in [0.25, 0.3) is 0 Å². The van der Waals surface area contributed by atoms with Gasteiger partial charge in [-0.1, -0.05) is 22.0 Å². The second kappa shape index (κ2) is 7.53. The summed E-state index contributed by atoms with van der Waals surface area (Å²) in [6.07, 6.45) is 0. The molecule has 0 saturated heterocycles. The van der Waals surface area contributed by atoms with Crippen molar-refractivity contribution >= 4 is 21.9 Å². The van der Waals surface area contributed by atoms with Gasteiger partial charge in [-0.2, -0.15) is 0 Å². The van der Waals surface area contributed by atoms with E-state index in [0.29, 0.717) is 24.7 Å². The molecule has 0 amide bonds. The Balaban J connectivity index is 1.54. The maximum atomic E-state index is 13.0. The third-order valence-electron chi connectivity index (χ3n) is 3.25. The van der Waals surface area contributed by atoms with Crippen LogP contribution in [0.3, 0.4) is 0 Å². The second-order valence-electron chi connectivity index (χ2n) is 4.99. The Hall–Kier alpha value is -2.28. The number of ether oxygens (including phenoxy) is 4. The van der Waals surface area contributed by atoms with Gasteiger partial charge in [-0.05, 0) is 24.3 Å². The van der Waals surface area contributed by atoms with Crippen LogP contribution in [0, 0.1) is 5.82 Å². The molecule has 24 heavy (non-hydrogen) atoms. The number of carbonyl (C=O) groups excluding carboxylic acids is 1. The molecule has 3 rings (SSSR count). The van der Waals surface area contributed by atoms with Gasteiger partial charge >= 0.3 is 5.97 Å². The number of halogens is 2. The number of hydrogen-bond donors (Lipinski definition) is 0. The summed E-state index contributed by atoms with van der Waals surface area (Å²) in [6, 6.07) is 9.10. The fourth-order valence-corrected chi connectivity index (χ4v) is 2.55. The highest BCUT2D eigenvalue weighted by Gasteiger charge is 2.16. The molecule has 0 fully saturated rings. The Morgan fingerprint density at radius 2 is 1.92 bits per heavy atom. The predicted octanol–water partition coefficient (Wildman–Crippen LogP) is 3.48. The minimum Gasteiger partial charge on any atom is -0.486 e. The van der Waals surface area contributed by atoms with Crippen LogP contribution < -0.4 is 14.2 Å². The largest absolute Gasteiger partial charge is 0.486 e. The van der Waals surface area contributed by atoms with Gasteiger partial charge in [0.2, 0.25) is 0 Å². The number of esters is 1. The minimum atomic E-state index is -0.555. The van der Waals surface area contributed by atoms with Gasteiger partial charge in [0.05, 0.1) is 0 Å². The lowest BCUT2D eigenvalue weighted by Crippen LogP contribution is -2.17. The maximum Gasteiger partial charge on any atom is 0.344 e. The van der Waals surface area contributed by atoms with Gasteiger partial charge in [0.1, 0.15) is 31.4 Å². The molecular formula is C17H14BrFO5. The molecule has 0 N–H and O–H groups in total. The normalized spacial score (nSPS) is 12.6. The number of hydrogen-bond acceptors (Lipinski definition) is 5. The second-order valence-corrected chi connectivity index (χ2v) is 5.85. The molecule has 0 atom stereocenters. The van der Waals surface area contributed by atoms with Crippen molar-refractivity contribution in [3.05, 3.63) is 52.3 Å². The third kappa shape index (κ3) is 4.17. The monoisotopic (exact) mass is 396 g/mol. The predicted molar refractivity (Wildman–Crippen MR) is 86.8 cm³/mol. The van der Waals surface area contributed by atoms with Crippen LogP contribution in [0.1, 0.15) is 5.56 Å². The topological polar surface area (TPSA) is 54.0 Å². The van der Waals surface area contributed by atoms with Gasteiger partial charge in [0, 0.05) is 16.1 Å². The van der Waals surface area contributed by atoms with E-state index in [1.165, 1.54) is 18.2 Å². The van der Waals surface area contributed by atoms with E-state index in [1.54, 1.807) is 18.2 Å². The number of rotatable bonds is 5. The molecule has 0 spiro atoms. The number of benzene rings is 2. The van der Waals surface area contributed by atoms with Crippen LogP contribution in [-0.2, 0) is 16.1 Å². The first-order chi connectivity index (χ1) is 11.6. The zero-order valence-corrected chi connectivity index (χ0v) is 14.2. The van der Waals surface area contributed by atoms with Crippen molar-refractivity contribution in [2.24, 2.45) is 0 Å². The molecule has 0 saturated carbocycles. The van der Waals surface area contributed by atoms with Gasteiger partial charge < -0.3 is 18.9 Å². The summed E-state index contributed by atoms with van der Waals surface area (Å²) in [6.45, 7) is 0.745. The van der Waals surface area contributed by atoms with E-state index < -0.39 is 11.8 Å². The van der Waals surface area contributed by atoms with Crippen LogP contribution >= 0.6 is 15.9 Å². The van der Waals surface area contributed by atoms with Crippen molar-refractivity contribution in [1.82, 2.24) is 0 Å². The van der Waals surface area contributed by atoms with Gasteiger partial charge in [-0.15, -0.1) is 0 Å². The van der Waals surface area contributed by atoms with Gasteiger partial charge in [0.25, 0.3) is 0 Å². The van der Waals surface area contributed by atoms with Crippen LogP contribution in [0.4, 0.5) is 4.39 Å². The van der Waals surface area contributed by atoms with Gasteiger partial charge in [-0.3, -0.25) is 0 Å². The quantitative estimate of drug-likeness (QED) is 0.724. The van der Waals surface area contributed by atoms with E-state index in [4.69, 9.17) is 18.9 Å². The van der Waals surface area contributed by atoms with Crippen molar-refractivity contribution in [1.29, 1.82) is 0 Å². The highest BCUT2D eigenvalue weighted by atomic mass is 79.9. The van der Waals surface area contributed by atoms with Crippen molar-refractivity contribution in [2.75, 3.05) is 19.8 Å². The summed E-state index contributed by atoms with van der Waals surface area (Å²) in [4.78, 5) is 11.8. The molecule has 0 aromatic heterocycles. The van der Waals surface area contributed by atoms with E-state index in [2.05, 4.69) is 15.9 Å². The van der Waals surface area contributed by atoms with Crippen LogP contribution in [0.5, 0.6) is 17.2 Å². The molecule has 1 aliphatic rings. The fourth-order valence-electron chi connectivity index (χ4n) is 2.12. The fraction of sp³-hybridized carbons (Fsp3) is 0.235. The number of fused-ring (bicyclic) bond motifs is 1. The van der Waals surface area contributed by atoms with E-state index in [1.807, 2.05) is 0 Å². The van der Waals surface area contributed by atoms with Crippen LogP contribution in [0.2, 0.25) is 0 Å². The molecule has 0 radical (unpaired) electrons. The lowest BCUT2D eigenvalue weighted by atomic mass is 10.2. The molecular weight excluding hydrogens is 383 g/mol. The summed E-state index contributed by atoms with van der Waals surface area (Å²) in [5.74, 6) is 0.554. The zero-order chi connectivity index (χ0) is 16.9. The first-order valence-corrected chi connectivity index (χ1v) is 8.03. The van der Waals surface area contributed by atoms with E-state index in [0.717, 1.165) is 10.0 Å². The third-order valence-corrected chi connectivity index (χ3v) is 3.99. The smallest absolute Gasteiger partial charge is 0.344 e. The van der Waals surface area contributed by atoms with Gasteiger partial charge in [-0.25, -0.2) is 9.18 Å². The van der Waals surface area contributed by atoms with Gasteiger partial charge in [0.15, 0.2) is 18.1 Å². The standard InChI is InChI=1S/C17H14BrFO5/c18-14-8-16-15(21-4-5-22-16)6-11(14)9-24-17(20)10-23-13-3-1-2-12(19)7-13/h1-3,6-8H,4-5,9-10H2. The minimum absolute atomic E-state index is 0.0581. The summed E-state index contributed by atoms with van der Waals surface area (Å²) in [5, 5.41) is 0. The molecule has 0 aliphatic carbocycles. The maximum absolute atomic E-state index is 13.0. The molecule has 1 heterocycles. The summed E-state index contributed by atoms with van der Waals surface area (Å²) >= 11 is 3.41. The highest BCUT2D eigenvalue weighted by molar-refractivity contribution is 9.10. The van der Waals surface area contributed by atoms with E-state index in [9.17, 15) is 9.18 Å². The lowest BCUT2D eigenvalue weighted by Gasteiger charge is -2.19. The molecule has 0 bridgehead atoms.